The van der Waals surface area contributed by atoms with Gasteiger partial charge in [-0.3, -0.25) is 19.4 Å². The molecule has 2 saturated heterocycles. The first-order chi connectivity index (χ1) is 17.1. The Hall–Kier alpha value is -3.20. The minimum Gasteiger partial charge on any atom is -0.480 e. The summed E-state index contributed by atoms with van der Waals surface area (Å²) in [7, 11) is 0. The van der Waals surface area contributed by atoms with Crippen LogP contribution in [0.4, 0.5) is 0 Å². The van der Waals surface area contributed by atoms with Crippen LogP contribution >= 0.6 is 0 Å². The molecular formula is C27H32N4O4. The van der Waals surface area contributed by atoms with Crippen molar-refractivity contribution in [1.82, 2.24) is 20.1 Å². The predicted molar refractivity (Wildman–Crippen MR) is 134 cm³/mol. The maximum atomic E-state index is 12.6. The summed E-state index contributed by atoms with van der Waals surface area (Å²) in [4.78, 5) is 32.6. The molecule has 2 aliphatic rings. The van der Waals surface area contributed by atoms with Gasteiger partial charge in [0.2, 0.25) is 5.91 Å². The first-order valence-electron chi connectivity index (χ1n) is 12.3. The number of nitrogens with one attached hydrogen (secondary N) is 2. The molecule has 8 nitrogen and oxygen atoms in total. The van der Waals surface area contributed by atoms with Crippen LogP contribution in [0.2, 0.25) is 0 Å². The average Bonchev–Trinajstić information content (AvgIpc) is 3.53. The normalized spacial score (nSPS) is 20.2. The number of carbonyl (C=O) groups excluding carboxylic acids is 1. The number of para-hydroxylation sites is 1. The lowest BCUT2D eigenvalue weighted by Crippen LogP contribution is -2.51. The zero-order valence-electron chi connectivity index (χ0n) is 19.8. The molecule has 2 atom stereocenters. The highest BCUT2D eigenvalue weighted by Gasteiger charge is 2.34. The number of aromatic nitrogens is 1. The van der Waals surface area contributed by atoms with E-state index < -0.39 is 12.0 Å². The van der Waals surface area contributed by atoms with Crippen LogP contribution in [-0.2, 0) is 14.3 Å². The topological polar surface area (TPSA) is 97.9 Å². The largest absolute Gasteiger partial charge is 0.480 e. The summed E-state index contributed by atoms with van der Waals surface area (Å²) >= 11 is 0. The second-order valence-corrected chi connectivity index (χ2v) is 9.32. The Balaban J connectivity index is 1.31. The standard InChI is InChI=1S/C27H32N4O4/c32-23(28-17-20-9-6-16-35-20)18-30-12-14-31(15-13-30)26(27(33)34)24-21-10-4-5-11-22(21)29-25(24)19-7-2-1-3-8-19/h1-5,7-8,10-11,20,26,29H,6,9,12-18H2,(H,28,32)(H,33,34)/t20-,26+/m0/s1. The van der Waals surface area contributed by atoms with E-state index in [-0.39, 0.29) is 12.0 Å². The van der Waals surface area contributed by atoms with Gasteiger partial charge in [-0.2, -0.15) is 0 Å². The lowest BCUT2D eigenvalue weighted by molar-refractivity contribution is -0.144. The molecule has 5 rings (SSSR count). The number of carbonyl (C=O) groups is 2. The summed E-state index contributed by atoms with van der Waals surface area (Å²) in [5.74, 6) is -0.874. The Morgan fingerprint density at radius 2 is 1.80 bits per heavy atom. The van der Waals surface area contributed by atoms with Crippen molar-refractivity contribution in [2.75, 3.05) is 45.9 Å². The van der Waals surface area contributed by atoms with Gasteiger partial charge in [-0.05, 0) is 24.5 Å². The number of H-pyrrole nitrogens is 1. The van der Waals surface area contributed by atoms with Gasteiger partial charge in [0.15, 0.2) is 0 Å². The van der Waals surface area contributed by atoms with Crippen LogP contribution in [0.5, 0.6) is 0 Å². The van der Waals surface area contributed by atoms with E-state index in [1.165, 1.54) is 0 Å². The molecule has 8 heteroatoms. The SMILES string of the molecule is O=C(CN1CCN([C@@H](C(=O)O)c2c(-c3ccccc3)[nH]c3ccccc23)CC1)NC[C@@H]1CCCO1. The van der Waals surface area contributed by atoms with Crippen molar-refractivity contribution in [3.63, 3.8) is 0 Å². The number of piperazine rings is 1. The second-order valence-electron chi connectivity index (χ2n) is 9.32. The molecule has 3 aromatic rings. The summed E-state index contributed by atoms with van der Waals surface area (Å²) in [5.41, 5.74) is 3.53. The predicted octanol–water partition coefficient (Wildman–Crippen LogP) is 2.87. The van der Waals surface area contributed by atoms with E-state index >= 15 is 0 Å². The Labute approximate surface area is 204 Å². The number of fused-ring (bicyclic) bond motifs is 1. The first-order valence-corrected chi connectivity index (χ1v) is 12.3. The molecule has 2 aliphatic heterocycles. The van der Waals surface area contributed by atoms with Gasteiger partial charge in [0.25, 0.3) is 0 Å². The second kappa shape index (κ2) is 10.6. The molecule has 0 radical (unpaired) electrons. The molecule has 1 amide bonds. The van der Waals surface area contributed by atoms with Crippen LogP contribution in [0.15, 0.2) is 54.6 Å². The monoisotopic (exact) mass is 476 g/mol. The van der Waals surface area contributed by atoms with Gasteiger partial charge >= 0.3 is 5.97 Å². The van der Waals surface area contributed by atoms with Crippen LogP contribution in [0, 0.1) is 0 Å². The minimum absolute atomic E-state index is 0.00766. The zero-order valence-corrected chi connectivity index (χ0v) is 19.8. The fourth-order valence-corrected chi connectivity index (χ4v) is 5.21. The average molecular weight is 477 g/mol. The highest BCUT2D eigenvalue weighted by Crippen LogP contribution is 2.37. The van der Waals surface area contributed by atoms with Crippen LogP contribution in [0.1, 0.15) is 24.4 Å². The van der Waals surface area contributed by atoms with Gasteiger partial charge in [-0.15, -0.1) is 0 Å². The maximum Gasteiger partial charge on any atom is 0.325 e. The van der Waals surface area contributed by atoms with Crippen LogP contribution < -0.4 is 5.32 Å². The number of carboxylic acid groups (broad SMARTS) is 1. The fraction of sp³-hybridized carbons (Fsp3) is 0.407. The minimum atomic E-state index is -0.866. The summed E-state index contributed by atoms with van der Waals surface area (Å²) in [6.45, 7) is 4.08. The van der Waals surface area contributed by atoms with Crippen molar-refractivity contribution in [1.29, 1.82) is 0 Å². The summed E-state index contributed by atoms with van der Waals surface area (Å²) in [6.07, 6.45) is 2.17. The molecule has 0 saturated carbocycles. The quantitative estimate of drug-likeness (QED) is 0.463. The number of benzene rings is 2. The molecule has 0 aliphatic carbocycles. The lowest BCUT2D eigenvalue weighted by atomic mass is 9.97. The first kappa shape index (κ1) is 23.5. The number of carboxylic acids is 1. The van der Waals surface area contributed by atoms with Crippen molar-refractivity contribution in [2.24, 2.45) is 0 Å². The van der Waals surface area contributed by atoms with Crippen molar-refractivity contribution < 1.29 is 19.4 Å². The molecule has 35 heavy (non-hydrogen) atoms. The highest BCUT2D eigenvalue weighted by atomic mass is 16.5. The van der Waals surface area contributed by atoms with E-state index in [4.69, 9.17) is 4.74 Å². The summed E-state index contributed by atoms with van der Waals surface area (Å²) in [5, 5.41) is 14.3. The molecule has 2 fully saturated rings. The van der Waals surface area contributed by atoms with Gasteiger partial charge in [0.05, 0.1) is 18.3 Å². The van der Waals surface area contributed by atoms with Gasteiger partial charge in [0.1, 0.15) is 6.04 Å². The van der Waals surface area contributed by atoms with E-state index in [0.29, 0.717) is 39.3 Å². The molecule has 184 valence electrons. The van der Waals surface area contributed by atoms with Crippen molar-refractivity contribution in [3.05, 3.63) is 60.2 Å². The van der Waals surface area contributed by atoms with E-state index in [2.05, 4.69) is 15.2 Å². The lowest BCUT2D eigenvalue weighted by Gasteiger charge is -2.37. The van der Waals surface area contributed by atoms with E-state index in [1.807, 2.05) is 59.5 Å². The number of hydrogen-bond acceptors (Lipinski definition) is 5. The number of amides is 1. The summed E-state index contributed by atoms with van der Waals surface area (Å²) in [6, 6.07) is 17.0. The van der Waals surface area contributed by atoms with E-state index in [1.54, 1.807) is 0 Å². The molecule has 1 aromatic heterocycles. The van der Waals surface area contributed by atoms with Gasteiger partial charge in [-0.1, -0.05) is 48.5 Å². The van der Waals surface area contributed by atoms with Gasteiger partial charge in [-0.25, -0.2) is 0 Å². The van der Waals surface area contributed by atoms with Crippen LogP contribution in [-0.4, -0.2) is 83.7 Å². The number of hydrogen-bond donors (Lipinski definition) is 3. The number of aromatic amines is 1. The van der Waals surface area contributed by atoms with Crippen LogP contribution in [0.25, 0.3) is 22.2 Å². The molecule has 0 spiro atoms. The van der Waals surface area contributed by atoms with E-state index in [9.17, 15) is 14.7 Å². The van der Waals surface area contributed by atoms with Crippen molar-refractivity contribution in [3.8, 4) is 11.3 Å². The number of aliphatic carboxylic acids is 1. The molecule has 3 heterocycles. The zero-order chi connectivity index (χ0) is 24.2. The third-order valence-corrected chi connectivity index (χ3v) is 7.01. The van der Waals surface area contributed by atoms with Crippen molar-refractivity contribution in [2.45, 2.75) is 25.0 Å². The molecule has 2 aromatic carbocycles. The Morgan fingerprint density at radius 1 is 1.06 bits per heavy atom. The van der Waals surface area contributed by atoms with Gasteiger partial charge < -0.3 is 20.1 Å². The molecular weight excluding hydrogens is 444 g/mol. The summed E-state index contributed by atoms with van der Waals surface area (Å²) < 4.78 is 5.57. The van der Waals surface area contributed by atoms with Gasteiger partial charge in [0, 0.05) is 55.8 Å². The number of nitrogens with zero attached hydrogens (tertiary/aromatic N) is 2. The third kappa shape index (κ3) is 5.24. The Morgan fingerprint density at radius 3 is 2.51 bits per heavy atom. The Bertz CT molecular complexity index is 1160. The smallest absolute Gasteiger partial charge is 0.325 e. The number of ether oxygens (including phenoxy) is 1. The Kier molecular flexibility index (Phi) is 7.13. The van der Waals surface area contributed by atoms with E-state index in [0.717, 1.165) is 47.2 Å². The third-order valence-electron chi connectivity index (χ3n) is 7.01. The highest BCUT2D eigenvalue weighted by molar-refractivity contribution is 5.95. The van der Waals surface area contributed by atoms with Crippen molar-refractivity contribution >= 4 is 22.8 Å². The molecule has 0 unspecified atom stereocenters. The maximum absolute atomic E-state index is 12.6. The molecule has 0 bridgehead atoms. The molecule has 3 N–H and O–H groups in total. The fourth-order valence-electron chi connectivity index (χ4n) is 5.21. The van der Waals surface area contributed by atoms with Crippen LogP contribution in [0.3, 0.4) is 0 Å². The number of rotatable bonds is 8.